The molecular formula is C13H26F3N3O. The van der Waals surface area contributed by atoms with Crippen molar-refractivity contribution in [1.82, 2.24) is 9.80 Å². The van der Waals surface area contributed by atoms with Crippen LogP contribution in [0.15, 0.2) is 0 Å². The highest BCUT2D eigenvalue weighted by molar-refractivity contribution is 4.76. The van der Waals surface area contributed by atoms with E-state index in [1.807, 2.05) is 4.90 Å². The fourth-order valence-corrected chi connectivity index (χ4v) is 2.71. The van der Waals surface area contributed by atoms with Crippen LogP contribution in [0.25, 0.3) is 0 Å². The van der Waals surface area contributed by atoms with Crippen molar-refractivity contribution < 1.29 is 17.9 Å². The first-order valence-electron chi connectivity index (χ1n) is 7.33. The first-order valence-corrected chi connectivity index (χ1v) is 7.33. The number of nitrogens with zero attached hydrogens (tertiary/aromatic N) is 2. The molecule has 2 N–H and O–H groups in total. The zero-order chi connectivity index (χ0) is 15.0. The molecule has 0 spiro atoms. The summed E-state index contributed by atoms with van der Waals surface area (Å²) in [5, 5.41) is 0. The van der Waals surface area contributed by atoms with Crippen LogP contribution in [0, 0.1) is 0 Å². The Bertz CT molecular complexity index is 264. The van der Waals surface area contributed by atoms with Crippen LogP contribution in [0.5, 0.6) is 0 Å². The van der Waals surface area contributed by atoms with Gasteiger partial charge >= 0.3 is 6.36 Å². The Balaban J connectivity index is 2.31. The first kappa shape index (κ1) is 17.7. The molecule has 1 atom stereocenters. The van der Waals surface area contributed by atoms with E-state index in [9.17, 15) is 13.2 Å². The summed E-state index contributed by atoms with van der Waals surface area (Å²) in [6.07, 6.45) is -1.50. The molecule has 0 amide bonds. The summed E-state index contributed by atoms with van der Waals surface area (Å²) in [7, 11) is 0. The van der Waals surface area contributed by atoms with Gasteiger partial charge in [-0.15, -0.1) is 13.2 Å². The van der Waals surface area contributed by atoms with Gasteiger partial charge in [0.05, 0.1) is 6.61 Å². The number of alkyl halides is 3. The van der Waals surface area contributed by atoms with Gasteiger partial charge in [-0.3, -0.25) is 14.5 Å². The van der Waals surface area contributed by atoms with Crippen molar-refractivity contribution in [2.24, 2.45) is 5.73 Å². The van der Waals surface area contributed by atoms with Crippen LogP contribution in [-0.4, -0.2) is 68.1 Å². The van der Waals surface area contributed by atoms with E-state index in [0.717, 1.165) is 45.4 Å². The SMILES string of the molecule is CCC(CCN)N1CCCN(CCOC(F)(F)F)CC1. The van der Waals surface area contributed by atoms with Gasteiger partial charge in [-0.25, -0.2) is 0 Å². The molecule has 0 aromatic rings. The molecular weight excluding hydrogens is 271 g/mol. The molecule has 1 unspecified atom stereocenters. The monoisotopic (exact) mass is 297 g/mol. The lowest BCUT2D eigenvalue weighted by Crippen LogP contribution is -2.39. The number of nitrogens with two attached hydrogens (primary N) is 1. The Morgan fingerprint density at radius 1 is 1.20 bits per heavy atom. The topological polar surface area (TPSA) is 41.7 Å². The zero-order valence-electron chi connectivity index (χ0n) is 12.2. The fourth-order valence-electron chi connectivity index (χ4n) is 2.71. The smallest absolute Gasteiger partial charge is 0.330 e. The molecule has 0 aliphatic carbocycles. The van der Waals surface area contributed by atoms with Gasteiger partial charge in [-0.2, -0.15) is 0 Å². The molecule has 1 heterocycles. The summed E-state index contributed by atoms with van der Waals surface area (Å²) in [5.74, 6) is 0. The second-order valence-electron chi connectivity index (χ2n) is 5.16. The summed E-state index contributed by atoms with van der Waals surface area (Å²) in [5.41, 5.74) is 5.62. The van der Waals surface area contributed by atoms with Gasteiger partial charge in [-0.1, -0.05) is 6.92 Å². The Labute approximate surface area is 119 Å². The van der Waals surface area contributed by atoms with Crippen LogP contribution in [0.3, 0.4) is 0 Å². The van der Waals surface area contributed by atoms with E-state index in [1.165, 1.54) is 0 Å². The van der Waals surface area contributed by atoms with Crippen molar-refractivity contribution in [2.45, 2.75) is 38.6 Å². The molecule has 1 rings (SSSR count). The Morgan fingerprint density at radius 3 is 2.55 bits per heavy atom. The third-order valence-electron chi connectivity index (χ3n) is 3.78. The van der Waals surface area contributed by atoms with E-state index in [-0.39, 0.29) is 6.61 Å². The van der Waals surface area contributed by atoms with Gasteiger partial charge in [0.15, 0.2) is 0 Å². The van der Waals surface area contributed by atoms with E-state index in [2.05, 4.69) is 16.6 Å². The number of ether oxygens (including phenoxy) is 1. The van der Waals surface area contributed by atoms with Crippen LogP contribution in [0.4, 0.5) is 13.2 Å². The molecule has 1 aliphatic rings. The summed E-state index contributed by atoms with van der Waals surface area (Å²) < 4.78 is 39.6. The average Bonchev–Trinajstić information content (AvgIpc) is 2.60. The molecule has 1 fully saturated rings. The highest BCUT2D eigenvalue weighted by Gasteiger charge is 2.29. The van der Waals surface area contributed by atoms with Gasteiger partial charge in [0, 0.05) is 25.7 Å². The van der Waals surface area contributed by atoms with Gasteiger partial charge in [-0.05, 0) is 38.9 Å². The fraction of sp³-hybridized carbons (Fsp3) is 1.00. The third-order valence-corrected chi connectivity index (χ3v) is 3.78. The van der Waals surface area contributed by atoms with Crippen LogP contribution >= 0.6 is 0 Å². The predicted molar refractivity (Wildman–Crippen MR) is 72.4 cm³/mol. The summed E-state index contributed by atoms with van der Waals surface area (Å²) in [6.45, 7) is 6.39. The number of hydrogen-bond acceptors (Lipinski definition) is 4. The van der Waals surface area contributed by atoms with E-state index >= 15 is 0 Å². The number of hydrogen-bond donors (Lipinski definition) is 1. The lowest BCUT2D eigenvalue weighted by molar-refractivity contribution is -0.325. The Kier molecular flexibility index (Phi) is 7.79. The summed E-state index contributed by atoms with van der Waals surface area (Å²) >= 11 is 0. The van der Waals surface area contributed by atoms with Gasteiger partial charge in [0.1, 0.15) is 0 Å². The summed E-state index contributed by atoms with van der Waals surface area (Å²) in [4.78, 5) is 4.46. The second kappa shape index (κ2) is 8.81. The van der Waals surface area contributed by atoms with Crippen LogP contribution in [0.2, 0.25) is 0 Å². The Morgan fingerprint density at radius 2 is 1.95 bits per heavy atom. The zero-order valence-corrected chi connectivity index (χ0v) is 12.2. The maximum Gasteiger partial charge on any atom is 0.522 e. The second-order valence-corrected chi connectivity index (χ2v) is 5.16. The minimum absolute atomic E-state index is 0.288. The van der Waals surface area contributed by atoms with Crippen molar-refractivity contribution in [2.75, 3.05) is 45.9 Å². The van der Waals surface area contributed by atoms with Crippen LogP contribution in [0.1, 0.15) is 26.2 Å². The maximum absolute atomic E-state index is 11.9. The average molecular weight is 297 g/mol. The first-order chi connectivity index (χ1) is 9.46. The van der Waals surface area contributed by atoms with E-state index in [4.69, 9.17) is 5.73 Å². The van der Waals surface area contributed by atoms with E-state index < -0.39 is 6.36 Å². The lowest BCUT2D eigenvalue weighted by Gasteiger charge is -2.29. The van der Waals surface area contributed by atoms with Crippen LogP contribution < -0.4 is 5.73 Å². The predicted octanol–water partition coefficient (Wildman–Crippen LogP) is 1.66. The lowest BCUT2D eigenvalue weighted by atomic mass is 10.1. The van der Waals surface area contributed by atoms with Crippen molar-refractivity contribution in [3.63, 3.8) is 0 Å². The molecule has 0 bridgehead atoms. The highest BCUT2D eigenvalue weighted by atomic mass is 19.4. The normalized spacial score (nSPS) is 20.9. The quantitative estimate of drug-likeness (QED) is 0.776. The third kappa shape index (κ3) is 6.88. The minimum Gasteiger partial charge on any atom is -0.330 e. The van der Waals surface area contributed by atoms with Crippen molar-refractivity contribution in [3.05, 3.63) is 0 Å². The van der Waals surface area contributed by atoms with Gasteiger partial charge < -0.3 is 5.73 Å². The standard InChI is InChI=1S/C13H26F3N3O/c1-2-12(4-5-17)19-7-3-6-18(8-9-19)10-11-20-13(14,15)16/h12H,2-11,17H2,1H3. The molecule has 1 aliphatic heterocycles. The Hall–Kier alpha value is -0.370. The molecule has 7 heteroatoms. The minimum atomic E-state index is -4.52. The molecule has 0 aromatic carbocycles. The highest BCUT2D eigenvalue weighted by Crippen LogP contribution is 2.16. The summed E-state index contributed by atoms with van der Waals surface area (Å²) in [6, 6.07) is 0.492. The van der Waals surface area contributed by atoms with Crippen molar-refractivity contribution in [1.29, 1.82) is 0 Å². The van der Waals surface area contributed by atoms with Crippen LogP contribution in [-0.2, 0) is 4.74 Å². The van der Waals surface area contributed by atoms with E-state index in [0.29, 0.717) is 19.1 Å². The molecule has 120 valence electrons. The number of rotatable bonds is 7. The van der Waals surface area contributed by atoms with Crippen molar-refractivity contribution in [3.8, 4) is 0 Å². The molecule has 0 radical (unpaired) electrons. The molecule has 0 saturated carbocycles. The molecule has 0 aromatic heterocycles. The molecule has 20 heavy (non-hydrogen) atoms. The largest absolute Gasteiger partial charge is 0.522 e. The van der Waals surface area contributed by atoms with E-state index in [1.54, 1.807) is 0 Å². The maximum atomic E-state index is 11.9. The molecule has 1 saturated heterocycles. The van der Waals surface area contributed by atoms with Crippen molar-refractivity contribution >= 4 is 0 Å². The molecule has 4 nitrogen and oxygen atoms in total. The van der Waals surface area contributed by atoms with Gasteiger partial charge in [0.2, 0.25) is 0 Å². The van der Waals surface area contributed by atoms with Gasteiger partial charge in [0.25, 0.3) is 0 Å². The number of halogens is 3.